The fraction of sp³-hybridized carbons (Fsp3) is 0.625. The van der Waals surface area contributed by atoms with Crippen LogP contribution < -0.4 is 16.0 Å². The summed E-state index contributed by atoms with van der Waals surface area (Å²) in [6.07, 6.45) is -0.496. The molecule has 12 heteroatoms. The third-order valence-electron chi connectivity index (χ3n) is 7.07. The molecule has 244 valence electrons. The maximum atomic E-state index is 13.3. The Labute approximate surface area is 265 Å². The number of thiazole rings is 1. The molecule has 0 spiro atoms. The van der Waals surface area contributed by atoms with Gasteiger partial charge in [0.05, 0.1) is 18.7 Å². The molecular formula is C32H50N6O5S. The van der Waals surface area contributed by atoms with Gasteiger partial charge in [-0.2, -0.15) is 0 Å². The summed E-state index contributed by atoms with van der Waals surface area (Å²) in [6, 6.07) is 3.31. The number of carbonyl (C=O) groups is 4. The molecule has 0 aliphatic carbocycles. The number of aliphatic hydroxyl groups excluding tert-OH is 1. The van der Waals surface area contributed by atoms with Gasteiger partial charge in [-0.05, 0) is 49.7 Å². The highest BCUT2D eigenvalue weighted by molar-refractivity contribution is 7.09. The topological polar surface area (TPSA) is 154 Å². The van der Waals surface area contributed by atoms with Crippen LogP contribution >= 0.6 is 11.3 Å². The van der Waals surface area contributed by atoms with Crippen LogP contribution in [-0.2, 0) is 16.1 Å². The Kier molecular flexibility index (Phi) is 14.4. The zero-order valence-corrected chi connectivity index (χ0v) is 28.3. The quantitative estimate of drug-likeness (QED) is 0.221. The van der Waals surface area contributed by atoms with Crippen molar-refractivity contribution in [3.63, 3.8) is 0 Å². The summed E-state index contributed by atoms with van der Waals surface area (Å²) >= 11 is 1.47. The summed E-state index contributed by atoms with van der Waals surface area (Å²) in [4.78, 5) is 62.2. The molecule has 2 aromatic heterocycles. The second-order valence-corrected chi connectivity index (χ2v) is 13.7. The van der Waals surface area contributed by atoms with Gasteiger partial charge in [0, 0.05) is 30.6 Å². The lowest BCUT2D eigenvalue weighted by Crippen LogP contribution is -2.52. The van der Waals surface area contributed by atoms with Crippen LogP contribution in [0.4, 0.5) is 0 Å². The summed E-state index contributed by atoms with van der Waals surface area (Å²) in [5.74, 6) is -1.78. The first kappa shape index (κ1) is 36.8. The number of aryl methyl sites for hydroxylation is 1. The van der Waals surface area contributed by atoms with Crippen LogP contribution in [0.5, 0.6) is 0 Å². The SMILES string of the molecule is Cc1csc(CN(C)C(=O)c2cccc(C(=O)NC(CC(C)C)C(O)CC(C)C(=O)NC(C(=O)NCC(C)C)C(C)C)n2)n1. The minimum atomic E-state index is -1.04. The first-order valence-corrected chi connectivity index (χ1v) is 16.2. The van der Waals surface area contributed by atoms with Gasteiger partial charge in [0.1, 0.15) is 22.4 Å². The first-order chi connectivity index (χ1) is 20.6. The van der Waals surface area contributed by atoms with Crippen molar-refractivity contribution in [1.82, 2.24) is 30.8 Å². The predicted molar refractivity (Wildman–Crippen MR) is 172 cm³/mol. The fourth-order valence-corrected chi connectivity index (χ4v) is 5.39. The Morgan fingerprint density at radius 1 is 0.909 bits per heavy atom. The number of rotatable bonds is 16. The van der Waals surface area contributed by atoms with Crippen molar-refractivity contribution in [1.29, 1.82) is 0 Å². The van der Waals surface area contributed by atoms with Crippen molar-refractivity contribution < 1.29 is 24.3 Å². The van der Waals surface area contributed by atoms with Gasteiger partial charge >= 0.3 is 0 Å². The number of nitrogens with one attached hydrogen (secondary N) is 3. The number of pyridine rings is 1. The van der Waals surface area contributed by atoms with E-state index in [9.17, 15) is 24.3 Å². The van der Waals surface area contributed by atoms with Crippen LogP contribution in [0.1, 0.15) is 93.0 Å². The minimum Gasteiger partial charge on any atom is -0.391 e. The lowest BCUT2D eigenvalue weighted by Gasteiger charge is -2.28. The number of hydrogen-bond donors (Lipinski definition) is 4. The van der Waals surface area contributed by atoms with E-state index in [4.69, 9.17) is 0 Å². The Hall–Kier alpha value is -3.38. The van der Waals surface area contributed by atoms with Crippen molar-refractivity contribution >= 4 is 35.0 Å². The van der Waals surface area contributed by atoms with Crippen LogP contribution in [0.2, 0.25) is 0 Å². The van der Waals surface area contributed by atoms with E-state index in [1.54, 1.807) is 26.1 Å². The smallest absolute Gasteiger partial charge is 0.272 e. The fourth-order valence-electron chi connectivity index (χ4n) is 4.57. The molecule has 2 rings (SSSR count). The van der Waals surface area contributed by atoms with Gasteiger partial charge in [0.2, 0.25) is 11.8 Å². The number of hydrogen-bond acceptors (Lipinski definition) is 8. The molecule has 4 amide bonds. The van der Waals surface area contributed by atoms with E-state index < -0.39 is 30.0 Å². The van der Waals surface area contributed by atoms with Crippen molar-refractivity contribution in [2.24, 2.45) is 23.7 Å². The lowest BCUT2D eigenvalue weighted by atomic mass is 9.92. The van der Waals surface area contributed by atoms with E-state index in [0.29, 0.717) is 19.5 Å². The summed E-state index contributed by atoms with van der Waals surface area (Å²) in [5.41, 5.74) is 1.06. The summed E-state index contributed by atoms with van der Waals surface area (Å²) in [5, 5.41) is 22.5. The molecule has 2 heterocycles. The number of nitrogens with zero attached hydrogens (tertiary/aromatic N) is 3. The standard InChI is InChI=1S/C32H50N6O5S/c1-18(2)13-25(26(39)14-21(7)29(40)37-28(20(5)6)31(42)33-15-19(3)4)36-30(41)23-11-10-12-24(35-23)32(43)38(9)16-27-34-22(8)17-44-27/h10-12,17-21,25-26,28,39H,13-16H2,1-9H3,(H,33,42)(H,36,41)(H,37,40). The Morgan fingerprint density at radius 2 is 1.57 bits per heavy atom. The monoisotopic (exact) mass is 630 g/mol. The minimum absolute atomic E-state index is 0.0493. The third kappa shape index (κ3) is 11.6. The highest BCUT2D eigenvalue weighted by Crippen LogP contribution is 2.18. The van der Waals surface area contributed by atoms with Gasteiger partial charge in [0.15, 0.2) is 0 Å². The van der Waals surface area contributed by atoms with Crippen LogP contribution in [0, 0.1) is 30.6 Å². The molecule has 4 unspecified atom stereocenters. The molecule has 0 aliphatic rings. The average molecular weight is 631 g/mol. The normalized spacial score (nSPS) is 14.2. The summed E-state index contributed by atoms with van der Waals surface area (Å²) < 4.78 is 0. The largest absolute Gasteiger partial charge is 0.391 e. The van der Waals surface area contributed by atoms with Crippen LogP contribution in [-0.4, -0.2) is 75.4 Å². The van der Waals surface area contributed by atoms with E-state index in [1.165, 1.54) is 22.3 Å². The zero-order chi connectivity index (χ0) is 33.1. The van der Waals surface area contributed by atoms with E-state index >= 15 is 0 Å². The molecule has 44 heavy (non-hydrogen) atoms. The Morgan fingerprint density at radius 3 is 2.14 bits per heavy atom. The third-order valence-corrected chi connectivity index (χ3v) is 8.02. The zero-order valence-electron chi connectivity index (χ0n) is 27.5. The highest BCUT2D eigenvalue weighted by Gasteiger charge is 2.30. The molecule has 0 radical (unpaired) electrons. The predicted octanol–water partition coefficient (Wildman–Crippen LogP) is 3.56. The van der Waals surface area contributed by atoms with Gasteiger partial charge < -0.3 is 26.0 Å². The van der Waals surface area contributed by atoms with Gasteiger partial charge in [-0.1, -0.05) is 54.5 Å². The van der Waals surface area contributed by atoms with Crippen molar-refractivity contribution in [3.8, 4) is 0 Å². The Balaban J connectivity index is 2.08. The van der Waals surface area contributed by atoms with Crippen LogP contribution in [0.3, 0.4) is 0 Å². The van der Waals surface area contributed by atoms with Crippen LogP contribution in [0.15, 0.2) is 23.6 Å². The van der Waals surface area contributed by atoms with Gasteiger partial charge in [-0.25, -0.2) is 9.97 Å². The molecule has 4 N–H and O–H groups in total. The molecule has 4 atom stereocenters. The first-order valence-electron chi connectivity index (χ1n) is 15.3. The van der Waals surface area contributed by atoms with Crippen molar-refractivity contribution in [2.45, 2.75) is 93.0 Å². The molecule has 0 aromatic carbocycles. The van der Waals surface area contributed by atoms with E-state index in [2.05, 4.69) is 25.9 Å². The highest BCUT2D eigenvalue weighted by atomic mass is 32.1. The Bertz CT molecular complexity index is 1260. The maximum absolute atomic E-state index is 13.3. The maximum Gasteiger partial charge on any atom is 0.272 e. The molecule has 0 saturated carbocycles. The lowest BCUT2D eigenvalue weighted by molar-refractivity contribution is -0.132. The molecule has 11 nitrogen and oxygen atoms in total. The van der Waals surface area contributed by atoms with E-state index in [1.807, 2.05) is 53.8 Å². The molecular weight excluding hydrogens is 580 g/mol. The number of amides is 4. The number of aliphatic hydroxyl groups is 1. The molecule has 0 bridgehead atoms. The number of carbonyl (C=O) groups excluding carboxylic acids is 4. The average Bonchev–Trinajstić information content (AvgIpc) is 3.37. The van der Waals surface area contributed by atoms with Gasteiger partial charge in [-0.15, -0.1) is 11.3 Å². The molecule has 0 fully saturated rings. The van der Waals surface area contributed by atoms with Crippen LogP contribution in [0.25, 0.3) is 0 Å². The summed E-state index contributed by atoms with van der Waals surface area (Å²) in [7, 11) is 1.65. The number of aromatic nitrogens is 2. The van der Waals surface area contributed by atoms with E-state index in [-0.39, 0.29) is 53.3 Å². The second kappa shape index (κ2) is 17.2. The molecule has 0 aliphatic heterocycles. The van der Waals surface area contributed by atoms with Crippen molar-refractivity contribution in [3.05, 3.63) is 45.7 Å². The molecule has 0 saturated heterocycles. The van der Waals surface area contributed by atoms with E-state index in [0.717, 1.165) is 10.7 Å². The van der Waals surface area contributed by atoms with Gasteiger partial charge in [0.25, 0.3) is 11.8 Å². The summed E-state index contributed by atoms with van der Waals surface area (Å²) in [6.45, 7) is 16.1. The van der Waals surface area contributed by atoms with Gasteiger partial charge in [-0.3, -0.25) is 19.2 Å². The van der Waals surface area contributed by atoms with Crippen molar-refractivity contribution in [2.75, 3.05) is 13.6 Å². The second-order valence-electron chi connectivity index (χ2n) is 12.7. The molecule has 2 aromatic rings.